The van der Waals surface area contributed by atoms with Gasteiger partial charge in [0.15, 0.2) is 0 Å². The smallest absolute Gasteiger partial charge is 0.326 e. The van der Waals surface area contributed by atoms with E-state index in [9.17, 15) is 4.79 Å². The van der Waals surface area contributed by atoms with Crippen molar-refractivity contribution in [2.24, 2.45) is 5.73 Å². The van der Waals surface area contributed by atoms with Crippen LogP contribution in [0.5, 0.6) is 5.75 Å². The van der Waals surface area contributed by atoms with Crippen LogP contribution >= 0.6 is 0 Å². The highest BCUT2D eigenvalue weighted by atomic mass is 16.5. The van der Waals surface area contributed by atoms with E-state index in [0.29, 0.717) is 0 Å². The third kappa shape index (κ3) is 3.46. The Morgan fingerprint density at radius 2 is 1.82 bits per heavy atom. The average Bonchev–Trinajstić information content (AvgIpc) is 2.30. The van der Waals surface area contributed by atoms with E-state index in [-0.39, 0.29) is 6.61 Å². The van der Waals surface area contributed by atoms with E-state index in [1.54, 1.807) is 0 Å². The molecule has 0 heterocycles. The lowest BCUT2D eigenvalue weighted by Gasteiger charge is -2.14. The standard InChI is InChI=1S/C13H19NO3/c1-8-5-10(3)12(6-9(8)2)17-7-11(14)13(15)16-4/h5-6,11H,7,14H2,1-4H3. The first-order valence-corrected chi connectivity index (χ1v) is 5.49. The van der Waals surface area contributed by atoms with E-state index in [2.05, 4.69) is 4.74 Å². The van der Waals surface area contributed by atoms with Crippen LogP contribution in [0, 0.1) is 20.8 Å². The summed E-state index contributed by atoms with van der Waals surface area (Å²) in [5.74, 6) is 0.291. The summed E-state index contributed by atoms with van der Waals surface area (Å²) in [6.45, 7) is 6.15. The summed E-state index contributed by atoms with van der Waals surface area (Å²) >= 11 is 0. The van der Waals surface area contributed by atoms with Gasteiger partial charge in [0.25, 0.3) is 0 Å². The number of benzene rings is 1. The van der Waals surface area contributed by atoms with Gasteiger partial charge in [-0.1, -0.05) is 6.07 Å². The van der Waals surface area contributed by atoms with Gasteiger partial charge in [-0.05, 0) is 43.5 Å². The van der Waals surface area contributed by atoms with Gasteiger partial charge in [-0.15, -0.1) is 0 Å². The Balaban J connectivity index is 2.70. The average molecular weight is 237 g/mol. The number of rotatable bonds is 4. The van der Waals surface area contributed by atoms with Gasteiger partial charge in [-0.2, -0.15) is 0 Å². The number of hydrogen-bond acceptors (Lipinski definition) is 4. The van der Waals surface area contributed by atoms with Crippen LogP contribution in [0.3, 0.4) is 0 Å². The Bertz CT molecular complexity index is 415. The fraction of sp³-hybridized carbons (Fsp3) is 0.462. The second-order valence-electron chi connectivity index (χ2n) is 4.14. The van der Waals surface area contributed by atoms with Gasteiger partial charge in [0.05, 0.1) is 7.11 Å². The fourth-order valence-electron chi connectivity index (χ4n) is 1.49. The summed E-state index contributed by atoms with van der Waals surface area (Å²) < 4.78 is 10.1. The van der Waals surface area contributed by atoms with Crippen molar-refractivity contribution in [3.63, 3.8) is 0 Å². The first-order valence-electron chi connectivity index (χ1n) is 5.49. The SMILES string of the molecule is COC(=O)C(N)COc1cc(C)c(C)cc1C. The fourth-order valence-corrected chi connectivity index (χ4v) is 1.49. The van der Waals surface area contributed by atoms with E-state index in [1.165, 1.54) is 12.7 Å². The molecule has 0 amide bonds. The van der Waals surface area contributed by atoms with Crippen molar-refractivity contribution in [1.82, 2.24) is 0 Å². The van der Waals surface area contributed by atoms with Crippen LogP contribution in [-0.2, 0) is 9.53 Å². The largest absolute Gasteiger partial charge is 0.491 e. The molecule has 0 aliphatic rings. The third-order valence-corrected chi connectivity index (χ3v) is 2.71. The van der Waals surface area contributed by atoms with E-state index in [0.717, 1.165) is 16.9 Å². The molecule has 2 N–H and O–H groups in total. The maximum Gasteiger partial charge on any atom is 0.326 e. The van der Waals surface area contributed by atoms with Gasteiger partial charge in [0.1, 0.15) is 18.4 Å². The summed E-state index contributed by atoms with van der Waals surface area (Å²) in [4.78, 5) is 11.1. The quantitative estimate of drug-likeness (QED) is 0.806. The predicted molar refractivity (Wildman–Crippen MR) is 66.1 cm³/mol. The van der Waals surface area contributed by atoms with E-state index in [4.69, 9.17) is 10.5 Å². The van der Waals surface area contributed by atoms with Crippen molar-refractivity contribution >= 4 is 5.97 Å². The van der Waals surface area contributed by atoms with Crippen LogP contribution < -0.4 is 10.5 Å². The molecule has 1 rings (SSSR count). The van der Waals surface area contributed by atoms with Gasteiger partial charge in [0, 0.05) is 0 Å². The molecule has 4 nitrogen and oxygen atoms in total. The Hall–Kier alpha value is -1.55. The van der Waals surface area contributed by atoms with Crippen LogP contribution in [0.25, 0.3) is 0 Å². The lowest BCUT2D eigenvalue weighted by atomic mass is 10.1. The van der Waals surface area contributed by atoms with Gasteiger partial charge < -0.3 is 15.2 Å². The Labute approximate surface area is 102 Å². The molecule has 0 fully saturated rings. The van der Waals surface area contributed by atoms with Crippen molar-refractivity contribution < 1.29 is 14.3 Å². The van der Waals surface area contributed by atoms with Gasteiger partial charge in [0.2, 0.25) is 0 Å². The molecule has 0 spiro atoms. The monoisotopic (exact) mass is 237 g/mol. The first-order chi connectivity index (χ1) is 7.95. The predicted octanol–water partition coefficient (Wildman–Crippen LogP) is 1.49. The Morgan fingerprint density at radius 3 is 2.41 bits per heavy atom. The Kier molecular flexibility index (Phi) is 4.52. The van der Waals surface area contributed by atoms with Crippen molar-refractivity contribution in [3.05, 3.63) is 28.8 Å². The van der Waals surface area contributed by atoms with E-state index < -0.39 is 12.0 Å². The summed E-state index contributed by atoms with van der Waals surface area (Å²) in [5.41, 5.74) is 8.99. The summed E-state index contributed by atoms with van der Waals surface area (Å²) in [6.07, 6.45) is 0. The second-order valence-corrected chi connectivity index (χ2v) is 4.14. The highest BCUT2D eigenvalue weighted by molar-refractivity contribution is 5.75. The van der Waals surface area contributed by atoms with Crippen molar-refractivity contribution in [2.45, 2.75) is 26.8 Å². The maximum absolute atomic E-state index is 11.1. The van der Waals surface area contributed by atoms with Crippen LogP contribution in [-0.4, -0.2) is 25.7 Å². The molecule has 1 aromatic rings. The molecule has 17 heavy (non-hydrogen) atoms. The topological polar surface area (TPSA) is 61.5 Å². The summed E-state index contributed by atoms with van der Waals surface area (Å²) in [6, 6.07) is 3.25. The molecule has 0 aromatic heterocycles. The lowest BCUT2D eigenvalue weighted by Crippen LogP contribution is -2.37. The number of ether oxygens (including phenoxy) is 2. The van der Waals surface area contributed by atoms with Gasteiger partial charge >= 0.3 is 5.97 Å². The molecule has 1 unspecified atom stereocenters. The summed E-state index contributed by atoms with van der Waals surface area (Å²) in [5, 5.41) is 0. The molecule has 1 atom stereocenters. The number of carbonyl (C=O) groups is 1. The molecule has 0 radical (unpaired) electrons. The van der Waals surface area contributed by atoms with Crippen molar-refractivity contribution in [1.29, 1.82) is 0 Å². The van der Waals surface area contributed by atoms with E-state index >= 15 is 0 Å². The number of carbonyl (C=O) groups excluding carboxylic acids is 1. The minimum atomic E-state index is -0.749. The maximum atomic E-state index is 11.1. The van der Waals surface area contributed by atoms with E-state index in [1.807, 2.05) is 32.9 Å². The number of methoxy groups -OCH3 is 1. The molecule has 0 saturated carbocycles. The highest BCUT2D eigenvalue weighted by Crippen LogP contribution is 2.22. The number of hydrogen-bond donors (Lipinski definition) is 1. The molecule has 0 saturated heterocycles. The van der Waals surface area contributed by atoms with Crippen LogP contribution in [0.15, 0.2) is 12.1 Å². The zero-order valence-electron chi connectivity index (χ0n) is 10.7. The molecular formula is C13H19NO3. The highest BCUT2D eigenvalue weighted by Gasteiger charge is 2.15. The number of aryl methyl sites for hydroxylation is 3. The summed E-state index contributed by atoms with van der Waals surface area (Å²) in [7, 11) is 1.31. The lowest BCUT2D eigenvalue weighted by molar-refractivity contribution is -0.142. The number of esters is 1. The molecular weight excluding hydrogens is 218 g/mol. The van der Waals surface area contributed by atoms with Crippen molar-refractivity contribution in [3.8, 4) is 5.75 Å². The molecule has 0 bridgehead atoms. The molecule has 1 aromatic carbocycles. The zero-order valence-corrected chi connectivity index (χ0v) is 10.7. The third-order valence-electron chi connectivity index (χ3n) is 2.71. The first kappa shape index (κ1) is 13.5. The molecule has 0 aliphatic heterocycles. The molecule has 94 valence electrons. The minimum Gasteiger partial charge on any atom is -0.491 e. The Morgan fingerprint density at radius 1 is 1.24 bits per heavy atom. The van der Waals surface area contributed by atoms with Crippen molar-refractivity contribution in [2.75, 3.05) is 13.7 Å². The van der Waals surface area contributed by atoms with Gasteiger partial charge in [-0.3, -0.25) is 4.79 Å². The molecule has 0 aliphatic carbocycles. The van der Waals surface area contributed by atoms with Crippen LogP contribution in [0.4, 0.5) is 0 Å². The van der Waals surface area contributed by atoms with Crippen LogP contribution in [0.2, 0.25) is 0 Å². The van der Waals surface area contributed by atoms with Gasteiger partial charge in [-0.25, -0.2) is 0 Å². The molecule has 4 heteroatoms. The normalized spacial score (nSPS) is 12.1. The zero-order chi connectivity index (χ0) is 13.0. The number of nitrogens with two attached hydrogens (primary N) is 1. The minimum absolute atomic E-state index is 0.121. The second kappa shape index (κ2) is 5.68. The van der Waals surface area contributed by atoms with Crippen LogP contribution in [0.1, 0.15) is 16.7 Å².